The summed E-state index contributed by atoms with van der Waals surface area (Å²) < 4.78 is 0. The number of fused-ring (bicyclic) bond motifs is 1. The van der Waals surface area contributed by atoms with Gasteiger partial charge in [0.25, 0.3) is 5.69 Å². The smallest absolute Gasteiger partial charge is 0.258 e. The molecule has 5 nitrogen and oxygen atoms in total. The zero-order valence-electron chi connectivity index (χ0n) is 8.76. The second-order valence-electron chi connectivity index (χ2n) is 4.08. The first-order valence-corrected chi connectivity index (χ1v) is 5.65. The molecule has 0 bridgehead atoms. The molecule has 0 unspecified atom stereocenters. The third-order valence-corrected chi connectivity index (χ3v) is 3.10. The van der Waals surface area contributed by atoms with Gasteiger partial charge >= 0.3 is 0 Å². The summed E-state index contributed by atoms with van der Waals surface area (Å²) in [5, 5.41) is 11.7. The van der Waals surface area contributed by atoms with Gasteiger partial charge in [0, 0.05) is 17.4 Å². The van der Waals surface area contributed by atoms with E-state index in [2.05, 4.69) is 9.97 Å². The number of para-hydroxylation sites is 1. The van der Waals surface area contributed by atoms with Gasteiger partial charge in [-0.3, -0.25) is 10.1 Å². The normalized spacial score (nSPS) is 15.1. The molecule has 1 fully saturated rings. The van der Waals surface area contributed by atoms with Crippen LogP contribution >= 0.6 is 11.6 Å². The Morgan fingerprint density at radius 1 is 1.35 bits per heavy atom. The molecule has 3 rings (SSSR count). The number of hydrogen-bond acceptors (Lipinski definition) is 4. The van der Waals surface area contributed by atoms with Crippen molar-refractivity contribution in [3.05, 3.63) is 39.3 Å². The van der Waals surface area contributed by atoms with E-state index < -0.39 is 4.92 Å². The summed E-state index contributed by atoms with van der Waals surface area (Å²) in [6.07, 6.45) is 2.06. The summed E-state index contributed by atoms with van der Waals surface area (Å²) in [7, 11) is 0. The highest BCUT2D eigenvalue weighted by molar-refractivity contribution is 6.34. The Morgan fingerprint density at radius 2 is 2.12 bits per heavy atom. The predicted octanol–water partition coefficient (Wildman–Crippen LogP) is 3.07. The highest BCUT2D eigenvalue weighted by atomic mass is 35.5. The lowest BCUT2D eigenvalue weighted by molar-refractivity contribution is -0.383. The Balaban J connectivity index is 2.32. The fourth-order valence-corrected chi connectivity index (χ4v) is 2.03. The molecule has 1 aliphatic carbocycles. The third-order valence-electron chi connectivity index (χ3n) is 2.82. The number of aromatic nitrogens is 2. The quantitative estimate of drug-likeness (QED) is 0.466. The Hall–Kier alpha value is -1.75. The van der Waals surface area contributed by atoms with E-state index in [1.54, 1.807) is 12.1 Å². The molecule has 0 aliphatic heterocycles. The van der Waals surface area contributed by atoms with Crippen LogP contribution in [-0.4, -0.2) is 14.9 Å². The minimum atomic E-state index is -0.442. The van der Waals surface area contributed by atoms with Gasteiger partial charge in [-0.2, -0.15) is 0 Å². The zero-order chi connectivity index (χ0) is 12.0. The Morgan fingerprint density at radius 3 is 2.76 bits per heavy atom. The molecule has 1 heterocycles. The first-order valence-electron chi connectivity index (χ1n) is 5.27. The van der Waals surface area contributed by atoms with Crippen LogP contribution in [0.3, 0.4) is 0 Å². The highest BCUT2D eigenvalue weighted by Crippen LogP contribution is 2.40. The molecule has 1 aliphatic rings. The van der Waals surface area contributed by atoms with Crippen molar-refractivity contribution >= 4 is 28.2 Å². The fourth-order valence-electron chi connectivity index (χ4n) is 1.79. The molecule has 0 amide bonds. The van der Waals surface area contributed by atoms with Crippen LogP contribution in [0.25, 0.3) is 10.9 Å². The fraction of sp³-hybridized carbons (Fsp3) is 0.273. The zero-order valence-corrected chi connectivity index (χ0v) is 9.52. The standard InChI is InChI=1S/C11H8ClN3O2/c12-10-7-2-1-3-8(15(16)17)9(7)13-11(14-10)6-4-5-6/h1-3,6H,4-5H2. The molecule has 6 heteroatoms. The van der Waals surface area contributed by atoms with Gasteiger partial charge in [-0.25, -0.2) is 9.97 Å². The topological polar surface area (TPSA) is 68.9 Å². The van der Waals surface area contributed by atoms with Crippen molar-refractivity contribution in [1.82, 2.24) is 9.97 Å². The van der Waals surface area contributed by atoms with Crippen LogP contribution in [0.2, 0.25) is 5.15 Å². The van der Waals surface area contributed by atoms with E-state index in [-0.39, 0.29) is 5.69 Å². The molecule has 1 aromatic heterocycles. The average Bonchev–Trinajstić information content (AvgIpc) is 3.11. The number of rotatable bonds is 2. The summed E-state index contributed by atoms with van der Waals surface area (Å²) in [4.78, 5) is 19.0. The lowest BCUT2D eigenvalue weighted by Crippen LogP contribution is -1.98. The van der Waals surface area contributed by atoms with Crippen LogP contribution in [-0.2, 0) is 0 Å². The molecule has 17 heavy (non-hydrogen) atoms. The lowest BCUT2D eigenvalue weighted by Gasteiger charge is -2.03. The van der Waals surface area contributed by atoms with Gasteiger partial charge in [-0.05, 0) is 18.9 Å². The first kappa shape index (κ1) is 10.4. The molecule has 1 aromatic carbocycles. The molecule has 0 saturated heterocycles. The molecular weight excluding hydrogens is 242 g/mol. The van der Waals surface area contributed by atoms with Crippen molar-refractivity contribution in [2.24, 2.45) is 0 Å². The lowest BCUT2D eigenvalue weighted by atomic mass is 10.2. The predicted molar refractivity (Wildman–Crippen MR) is 63.2 cm³/mol. The van der Waals surface area contributed by atoms with E-state index in [4.69, 9.17) is 11.6 Å². The summed E-state index contributed by atoms with van der Waals surface area (Å²) in [5.41, 5.74) is 0.313. The second-order valence-corrected chi connectivity index (χ2v) is 4.44. The Labute approximate surface area is 102 Å². The molecular formula is C11H8ClN3O2. The maximum Gasteiger partial charge on any atom is 0.295 e. The molecule has 2 aromatic rings. The minimum Gasteiger partial charge on any atom is -0.258 e. The van der Waals surface area contributed by atoms with Crippen molar-refractivity contribution in [2.75, 3.05) is 0 Å². The van der Waals surface area contributed by atoms with Crippen molar-refractivity contribution in [1.29, 1.82) is 0 Å². The minimum absolute atomic E-state index is 0.0197. The summed E-state index contributed by atoms with van der Waals surface area (Å²) in [6.45, 7) is 0. The highest BCUT2D eigenvalue weighted by Gasteiger charge is 2.28. The maximum absolute atomic E-state index is 10.9. The van der Waals surface area contributed by atoms with E-state index >= 15 is 0 Å². The van der Waals surface area contributed by atoms with Gasteiger partial charge in [0.05, 0.1) is 4.92 Å². The van der Waals surface area contributed by atoms with Gasteiger partial charge in [0.2, 0.25) is 0 Å². The van der Waals surface area contributed by atoms with Gasteiger partial charge in [0.15, 0.2) is 5.52 Å². The second kappa shape index (κ2) is 3.63. The van der Waals surface area contributed by atoms with Gasteiger partial charge in [0.1, 0.15) is 11.0 Å². The summed E-state index contributed by atoms with van der Waals surface area (Å²) in [5.74, 6) is 0.938. The van der Waals surface area contributed by atoms with Crippen LogP contribution in [0.1, 0.15) is 24.6 Å². The molecule has 1 saturated carbocycles. The Bertz CT molecular complexity index is 625. The van der Waals surface area contributed by atoms with E-state index in [1.807, 2.05) is 0 Å². The maximum atomic E-state index is 10.9. The summed E-state index contributed by atoms with van der Waals surface area (Å²) >= 11 is 6.04. The molecule has 86 valence electrons. The van der Waals surface area contributed by atoms with Crippen LogP contribution in [0.5, 0.6) is 0 Å². The van der Waals surface area contributed by atoms with Crippen molar-refractivity contribution in [2.45, 2.75) is 18.8 Å². The number of nitrogens with zero attached hydrogens (tertiary/aromatic N) is 3. The monoisotopic (exact) mass is 249 g/mol. The average molecular weight is 250 g/mol. The molecule has 0 N–H and O–H groups in total. The Kier molecular flexibility index (Phi) is 2.22. The van der Waals surface area contributed by atoms with E-state index in [0.29, 0.717) is 27.8 Å². The number of halogens is 1. The van der Waals surface area contributed by atoms with Crippen molar-refractivity contribution in [3.8, 4) is 0 Å². The first-order chi connectivity index (χ1) is 8.16. The van der Waals surface area contributed by atoms with E-state index in [9.17, 15) is 10.1 Å². The number of benzene rings is 1. The van der Waals surface area contributed by atoms with Crippen LogP contribution in [0.15, 0.2) is 18.2 Å². The SMILES string of the molecule is O=[N+]([O-])c1cccc2c(Cl)nc(C3CC3)nc12. The van der Waals surface area contributed by atoms with E-state index in [1.165, 1.54) is 6.07 Å². The van der Waals surface area contributed by atoms with Crippen molar-refractivity contribution in [3.63, 3.8) is 0 Å². The van der Waals surface area contributed by atoms with Crippen LogP contribution < -0.4 is 0 Å². The van der Waals surface area contributed by atoms with Gasteiger partial charge < -0.3 is 0 Å². The number of nitro groups is 1. The number of non-ortho nitro benzene ring substituents is 1. The molecule has 0 spiro atoms. The third kappa shape index (κ3) is 1.72. The largest absolute Gasteiger partial charge is 0.295 e. The molecule has 0 radical (unpaired) electrons. The van der Waals surface area contributed by atoms with Gasteiger partial charge in [-0.1, -0.05) is 17.7 Å². The van der Waals surface area contributed by atoms with E-state index in [0.717, 1.165) is 12.8 Å². The van der Waals surface area contributed by atoms with Crippen molar-refractivity contribution < 1.29 is 4.92 Å². The van der Waals surface area contributed by atoms with Gasteiger partial charge in [-0.15, -0.1) is 0 Å². The summed E-state index contributed by atoms with van der Waals surface area (Å²) in [6, 6.07) is 4.72. The number of nitro benzene ring substituents is 1. The van der Waals surface area contributed by atoms with Crippen LogP contribution in [0, 0.1) is 10.1 Å². The number of hydrogen-bond donors (Lipinski definition) is 0. The van der Waals surface area contributed by atoms with Crippen LogP contribution in [0.4, 0.5) is 5.69 Å². The molecule has 0 atom stereocenters.